The molecule has 84 valence electrons. The topological polar surface area (TPSA) is 29.5 Å². The molecule has 0 fully saturated rings. The van der Waals surface area contributed by atoms with E-state index in [9.17, 15) is 13.9 Å². The molecule has 0 bridgehead atoms. The Kier molecular flexibility index (Phi) is 2.42. The molecule has 4 heteroatoms. The van der Waals surface area contributed by atoms with Crippen LogP contribution in [-0.4, -0.2) is 12.2 Å². The Morgan fingerprint density at radius 1 is 1.12 bits per heavy atom. The minimum absolute atomic E-state index is 0.00565. The van der Waals surface area contributed by atoms with E-state index in [0.29, 0.717) is 10.9 Å². The van der Waals surface area contributed by atoms with Crippen LogP contribution in [0, 0.1) is 18.6 Å². The molecule has 2 aromatic carbocycles. The largest absolute Gasteiger partial charge is 0.508 e. The van der Waals surface area contributed by atoms with Crippen molar-refractivity contribution in [3.8, 4) is 11.5 Å². The number of phenols is 1. The van der Waals surface area contributed by atoms with Crippen molar-refractivity contribution in [2.24, 2.45) is 0 Å². The lowest BCUT2D eigenvalue weighted by Crippen LogP contribution is -1.94. The lowest BCUT2D eigenvalue weighted by Gasteiger charge is -2.10. The number of rotatable bonds is 1. The van der Waals surface area contributed by atoms with Gasteiger partial charge in [0.15, 0.2) is 11.6 Å². The van der Waals surface area contributed by atoms with Crippen molar-refractivity contribution in [1.29, 1.82) is 0 Å². The molecule has 0 saturated carbocycles. The van der Waals surface area contributed by atoms with Gasteiger partial charge in [-0.25, -0.2) is 8.78 Å². The second-order valence-electron chi connectivity index (χ2n) is 3.56. The number of phenolic OH excluding ortho intramolecular Hbond substituents is 1. The predicted octanol–water partition coefficient (Wildman–Crippen LogP) is 3.14. The summed E-state index contributed by atoms with van der Waals surface area (Å²) < 4.78 is 31.9. The van der Waals surface area contributed by atoms with E-state index in [0.717, 1.165) is 6.07 Å². The van der Waals surface area contributed by atoms with Gasteiger partial charge in [0.1, 0.15) is 11.6 Å². The van der Waals surface area contributed by atoms with E-state index in [-0.39, 0.29) is 16.9 Å². The highest BCUT2D eigenvalue weighted by Gasteiger charge is 2.15. The SMILES string of the molecule is COc1c(F)cc(F)c2cc(O)cc(C)c12. The summed E-state index contributed by atoms with van der Waals surface area (Å²) in [7, 11) is 1.32. The number of methoxy groups -OCH3 is 1. The Balaban J connectivity index is 2.99. The molecule has 2 aromatic rings. The quantitative estimate of drug-likeness (QED) is 0.806. The molecular formula is C12H10F2O2. The summed E-state index contributed by atoms with van der Waals surface area (Å²) >= 11 is 0. The summed E-state index contributed by atoms with van der Waals surface area (Å²) in [6.45, 7) is 1.66. The first kappa shape index (κ1) is 10.7. The van der Waals surface area contributed by atoms with Crippen LogP contribution in [0.3, 0.4) is 0 Å². The summed E-state index contributed by atoms with van der Waals surface area (Å²) in [6, 6.07) is 3.43. The number of halogens is 2. The number of fused-ring (bicyclic) bond motifs is 1. The normalized spacial score (nSPS) is 10.8. The predicted molar refractivity (Wildman–Crippen MR) is 56.8 cm³/mol. The van der Waals surface area contributed by atoms with Gasteiger partial charge in [0.2, 0.25) is 0 Å². The molecule has 0 aliphatic rings. The third kappa shape index (κ3) is 1.46. The van der Waals surface area contributed by atoms with E-state index >= 15 is 0 Å². The minimum atomic E-state index is -0.749. The highest BCUT2D eigenvalue weighted by atomic mass is 19.1. The van der Waals surface area contributed by atoms with Crippen LogP contribution in [0.25, 0.3) is 10.8 Å². The Hall–Kier alpha value is -1.84. The zero-order valence-electron chi connectivity index (χ0n) is 8.84. The van der Waals surface area contributed by atoms with E-state index in [1.54, 1.807) is 6.92 Å². The number of ether oxygens (including phenoxy) is 1. The minimum Gasteiger partial charge on any atom is -0.508 e. The highest BCUT2D eigenvalue weighted by Crippen LogP contribution is 2.35. The van der Waals surface area contributed by atoms with Crippen molar-refractivity contribution in [1.82, 2.24) is 0 Å². The van der Waals surface area contributed by atoms with Crippen LogP contribution in [0.4, 0.5) is 8.78 Å². The molecule has 1 N–H and O–H groups in total. The third-order valence-electron chi connectivity index (χ3n) is 2.48. The lowest BCUT2D eigenvalue weighted by molar-refractivity contribution is 0.389. The molecule has 2 rings (SSSR count). The summed E-state index contributed by atoms with van der Waals surface area (Å²) in [4.78, 5) is 0. The first-order valence-electron chi connectivity index (χ1n) is 4.70. The van der Waals surface area contributed by atoms with E-state index in [2.05, 4.69) is 0 Å². The van der Waals surface area contributed by atoms with Crippen molar-refractivity contribution < 1.29 is 18.6 Å². The van der Waals surface area contributed by atoms with E-state index < -0.39 is 11.6 Å². The second-order valence-corrected chi connectivity index (χ2v) is 3.56. The molecule has 0 radical (unpaired) electrons. The molecule has 0 unspecified atom stereocenters. The zero-order valence-corrected chi connectivity index (χ0v) is 8.84. The average Bonchev–Trinajstić information content (AvgIpc) is 2.20. The van der Waals surface area contributed by atoms with Crippen molar-refractivity contribution in [2.45, 2.75) is 6.92 Å². The maximum Gasteiger partial charge on any atom is 0.168 e. The summed E-state index contributed by atoms with van der Waals surface area (Å²) in [5, 5.41) is 9.86. The van der Waals surface area contributed by atoms with Crippen molar-refractivity contribution in [3.05, 3.63) is 35.4 Å². The van der Waals surface area contributed by atoms with Gasteiger partial charge >= 0.3 is 0 Å². The molecule has 0 aliphatic carbocycles. The average molecular weight is 224 g/mol. The Morgan fingerprint density at radius 3 is 2.44 bits per heavy atom. The molecule has 0 atom stereocenters. The van der Waals surface area contributed by atoms with Gasteiger partial charge in [-0.3, -0.25) is 0 Å². The van der Waals surface area contributed by atoms with E-state index in [1.807, 2.05) is 0 Å². The molecule has 0 aliphatic heterocycles. The summed E-state index contributed by atoms with van der Waals surface area (Å²) in [5.74, 6) is -1.53. The number of hydrogen-bond donors (Lipinski definition) is 1. The molecule has 2 nitrogen and oxygen atoms in total. The Morgan fingerprint density at radius 2 is 1.81 bits per heavy atom. The smallest absolute Gasteiger partial charge is 0.168 e. The summed E-state index contributed by atoms with van der Waals surface area (Å²) in [6.07, 6.45) is 0. The van der Waals surface area contributed by atoms with Crippen LogP contribution in [0.1, 0.15) is 5.56 Å². The van der Waals surface area contributed by atoms with Crippen LogP contribution < -0.4 is 4.74 Å². The summed E-state index contributed by atoms with van der Waals surface area (Å²) in [5.41, 5.74) is 0.560. The fourth-order valence-electron chi connectivity index (χ4n) is 1.83. The van der Waals surface area contributed by atoms with Gasteiger partial charge < -0.3 is 9.84 Å². The number of benzene rings is 2. The van der Waals surface area contributed by atoms with Crippen molar-refractivity contribution in [3.63, 3.8) is 0 Å². The molecular weight excluding hydrogens is 214 g/mol. The third-order valence-corrected chi connectivity index (χ3v) is 2.48. The van der Waals surface area contributed by atoms with Gasteiger partial charge in [0.25, 0.3) is 0 Å². The molecule has 16 heavy (non-hydrogen) atoms. The first-order valence-corrected chi connectivity index (χ1v) is 4.70. The number of aromatic hydroxyl groups is 1. The number of hydrogen-bond acceptors (Lipinski definition) is 2. The highest BCUT2D eigenvalue weighted by molar-refractivity contribution is 5.93. The fourth-order valence-corrected chi connectivity index (χ4v) is 1.83. The van der Waals surface area contributed by atoms with Gasteiger partial charge in [-0.05, 0) is 24.6 Å². The van der Waals surface area contributed by atoms with Gasteiger partial charge in [0, 0.05) is 16.8 Å². The lowest BCUT2D eigenvalue weighted by atomic mass is 10.0. The van der Waals surface area contributed by atoms with Crippen LogP contribution in [0.2, 0.25) is 0 Å². The van der Waals surface area contributed by atoms with Crippen LogP contribution in [0.5, 0.6) is 11.5 Å². The fraction of sp³-hybridized carbons (Fsp3) is 0.167. The molecule has 0 aromatic heterocycles. The van der Waals surface area contributed by atoms with Gasteiger partial charge in [-0.2, -0.15) is 0 Å². The first-order chi connectivity index (χ1) is 7.54. The second kappa shape index (κ2) is 3.63. The van der Waals surface area contributed by atoms with E-state index in [4.69, 9.17) is 4.74 Å². The molecule has 0 saturated heterocycles. The molecule has 0 amide bonds. The van der Waals surface area contributed by atoms with Crippen LogP contribution >= 0.6 is 0 Å². The van der Waals surface area contributed by atoms with E-state index in [1.165, 1.54) is 19.2 Å². The maximum absolute atomic E-state index is 13.5. The Labute approximate surface area is 91.1 Å². The standard InChI is InChI=1S/C12H10F2O2/c1-6-3-7(15)4-8-9(13)5-10(14)12(16-2)11(6)8/h3-5,15H,1-2H3. The van der Waals surface area contributed by atoms with Crippen molar-refractivity contribution in [2.75, 3.05) is 7.11 Å². The van der Waals surface area contributed by atoms with Gasteiger partial charge in [-0.1, -0.05) is 0 Å². The van der Waals surface area contributed by atoms with Crippen LogP contribution in [-0.2, 0) is 0 Å². The number of aryl methyl sites for hydroxylation is 1. The molecule has 0 heterocycles. The molecule has 0 spiro atoms. The van der Waals surface area contributed by atoms with Gasteiger partial charge in [0.05, 0.1) is 7.11 Å². The zero-order chi connectivity index (χ0) is 11.9. The van der Waals surface area contributed by atoms with Crippen LogP contribution in [0.15, 0.2) is 18.2 Å². The monoisotopic (exact) mass is 224 g/mol. The maximum atomic E-state index is 13.5. The van der Waals surface area contributed by atoms with Crippen molar-refractivity contribution >= 4 is 10.8 Å². The Bertz CT molecular complexity index is 565. The van der Waals surface area contributed by atoms with Gasteiger partial charge in [-0.15, -0.1) is 0 Å².